The van der Waals surface area contributed by atoms with Crippen molar-refractivity contribution in [1.82, 2.24) is 0 Å². The Bertz CT molecular complexity index is 383. The molecule has 2 atom stereocenters. The van der Waals surface area contributed by atoms with Gasteiger partial charge in [-0.3, -0.25) is 14.4 Å². The molecule has 0 saturated carbocycles. The van der Waals surface area contributed by atoms with Crippen molar-refractivity contribution in [2.75, 3.05) is 6.61 Å². The fraction of sp³-hybridized carbons (Fsp3) is 0.462. The van der Waals surface area contributed by atoms with Crippen molar-refractivity contribution in [2.45, 2.75) is 19.3 Å². The molecule has 0 spiro atoms. The van der Waals surface area contributed by atoms with E-state index in [9.17, 15) is 14.4 Å². The number of esters is 1. The van der Waals surface area contributed by atoms with Crippen LogP contribution in [0, 0.1) is 11.8 Å². The number of carbonyl (C=O) groups is 3. The molecule has 0 heterocycles. The van der Waals surface area contributed by atoms with Gasteiger partial charge in [-0.25, -0.2) is 0 Å². The van der Waals surface area contributed by atoms with Crippen molar-refractivity contribution in [3.8, 4) is 0 Å². The molecule has 0 bridgehead atoms. The van der Waals surface area contributed by atoms with E-state index in [4.69, 9.17) is 9.84 Å². The highest BCUT2D eigenvalue weighted by Crippen LogP contribution is 2.26. The summed E-state index contributed by atoms with van der Waals surface area (Å²) in [4.78, 5) is 33.6. The first-order valence-corrected chi connectivity index (χ1v) is 5.77. The molecule has 0 saturated heterocycles. The van der Waals surface area contributed by atoms with Gasteiger partial charge in [-0.1, -0.05) is 18.7 Å². The predicted molar refractivity (Wildman–Crippen MR) is 63.8 cm³/mol. The molecule has 5 nitrogen and oxygen atoms in total. The van der Waals surface area contributed by atoms with Crippen molar-refractivity contribution in [1.29, 1.82) is 0 Å². The summed E-state index contributed by atoms with van der Waals surface area (Å²) in [6.07, 6.45) is 5.66. The molecule has 98 valence electrons. The molecule has 1 aliphatic rings. The maximum Gasteiger partial charge on any atom is 0.313 e. The summed E-state index contributed by atoms with van der Waals surface area (Å²) in [7, 11) is 0. The number of allylic oxidation sites excluding steroid dienone is 2. The van der Waals surface area contributed by atoms with E-state index in [-0.39, 0.29) is 18.8 Å². The Morgan fingerprint density at radius 1 is 1.44 bits per heavy atom. The zero-order valence-corrected chi connectivity index (χ0v) is 10.0. The normalized spacial score (nSPS) is 22.2. The van der Waals surface area contributed by atoms with Crippen molar-refractivity contribution < 1.29 is 24.2 Å². The second-order valence-electron chi connectivity index (χ2n) is 4.06. The molecule has 1 aliphatic carbocycles. The van der Waals surface area contributed by atoms with Crippen molar-refractivity contribution >= 4 is 17.7 Å². The fourth-order valence-corrected chi connectivity index (χ4v) is 1.80. The number of hydrogen-bond donors (Lipinski definition) is 1. The molecule has 1 rings (SSSR count). The van der Waals surface area contributed by atoms with Crippen molar-refractivity contribution in [3.05, 3.63) is 24.8 Å². The quantitative estimate of drug-likeness (QED) is 0.438. The monoisotopic (exact) mass is 252 g/mol. The third kappa shape index (κ3) is 3.84. The van der Waals surface area contributed by atoms with Crippen LogP contribution >= 0.6 is 0 Å². The number of rotatable bonds is 6. The van der Waals surface area contributed by atoms with Crippen LogP contribution in [0.15, 0.2) is 24.8 Å². The summed E-state index contributed by atoms with van der Waals surface area (Å²) in [6.45, 7) is 3.26. The third-order valence-corrected chi connectivity index (χ3v) is 2.83. The predicted octanol–water partition coefficient (Wildman–Crippen LogP) is 1.34. The van der Waals surface area contributed by atoms with Crippen molar-refractivity contribution in [3.63, 3.8) is 0 Å². The average molecular weight is 252 g/mol. The largest absolute Gasteiger partial charge is 0.481 e. The van der Waals surface area contributed by atoms with Gasteiger partial charge in [0, 0.05) is 6.42 Å². The molecule has 2 unspecified atom stereocenters. The van der Waals surface area contributed by atoms with Crippen LogP contribution in [0.4, 0.5) is 0 Å². The topological polar surface area (TPSA) is 80.7 Å². The number of carboxylic acids is 1. The number of aliphatic carboxylic acids is 1. The van der Waals surface area contributed by atoms with Gasteiger partial charge in [0.15, 0.2) is 5.78 Å². The molecule has 0 amide bonds. The molecule has 0 fully saturated rings. The highest BCUT2D eigenvalue weighted by Gasteiger charge is 2.34. The van der Waals surface area contributed by atoms with E-state index < -0.39 is 23.8 Å². The highest BCUT2D eigenvalue weighted by molar-refractivity contribution is 5.89. The van der Waals surface area contributed by atoms with Gasteiger partial charge in [-0.05, 0) is 18.9 Å². The summed E-state index contributed by atoms with van der Waals surface area (Å²) in [5.74, 6) is -3.29. The standard InChI is InChI=1S/C13H16O5/c1-2-9(14)7-8-18-13(17)11-6-4-3-5-10(11)12(15)16/h2,4,6,10-11H,1,3,5,7-8H2,(H,15,16). The molecule has 0 aromatic rings. The zero-order valence-electron chi connectivity index (χ0n) is 10.0. The van der Waals surface area contributed by atoms with E-state index in [2.05, 4.69) is 6.58 Å². The van der Waals surface area contributed by atoms with E-state index in [0.717, 1.165) is 6.08 Å². The molecule has 1 N–H and O–H groups in total. The Morgan fingerprint density at radius 2 is 2.17 bits per heavy atom. The Morgan fingerprint density at radius 3 is 2.78 bits per heavy atom. The van der Waals surface area contributed by atoms with Crippen LogP contribution in [-0.2, 0) is 19.1 Å². The van der Waals surface area contributed by atoms with Gasteiger partial charge >= 0.3 is 11.9 Å². The number of carbonyl (C=O) groups excluding carboxylic acids is 2. The minimum Gasteiger partial charge on any atom is -0.481 e. The van der Waals surface area contributed by atoms with Gasteiger partial charge in [-0.2, -0.15) is 0 Å². The van der Waals surface area contributed by atoms with Gasteiger partial charge in [0.25, 0.3) is 0 Å². The fourth-order valence-electron chi connectivity index (χ4n) is 1.80. The second kappa shape index (κ2) is 6.74. The Hall–Kier alpha value is -1.91. The minimum absolute atomic E-state index is 0.0413. The summed E-state index contributed by atoms with van der Waals surface area (Å²) >= 11 is 0. The van der Waals surface area contributed by atoms with Crippen LogP contribution < -0.4 is 0 Å². The first kappa shape index (κ1) is 14.2. The molecule has 0 aromatic heterocycles. The van der Waals surface area contributed by atoms with Gasteiger partial charge in [-0.15, -0.1) is 0 Å². The van der Waals surface area contributed by atoms with Crippen LogP contribution in [0.1, 0.15) is 19.3 Å². The van der Waals surface area contributed by atoms with E-state index >= 15 is 0 Å². The van der Waals surface area contributed by atoms with E-state index in [1.54, 1.807) is 12.2 Å². The smallest absolute Gasteiger partial charge is 0.313 e. The number of ether oxygens (including phenoxy) is 1. The van der Waals surface area contributed by atoms with Crippen LogP contribution in [0.3, 0.4) is 0 Å². The van der Waals surface area contributed by atoms with Crippen LogP contribution in [-0.4, -0.2) is 29.4 Å². The maximum atomic E-state index is 11.7. The molecular formula is C13H16O5. The molecule has 0 aromatic carbocycles. The van der Waals surface area contributed by atoms with Gasteiger partial charge in [0.2, 0.25) is 0 Å². The van der Waals surface area contributed by atoms with Crippen LogP contribution in [0.2, 0.25) is 0 Å². The second-order valence-corrected chi connectivity index (χ2v) is 4.06. The third-order valence-electron chi connectivity index (χ3n) is 2.83. The van der Waals surface area contributed by atoms with Gasteiger partial charge < -0.3 is 9.84 Å². The van der Waals surface area contributed by atoms with Gasteiger partial charge in [0.1, 0.15) is 0 Å². The first-order chi connectivity index (χ1) is 8.56. The molecule has 18 heavy (non-hydrogen) atoms. The lowest BCUT2D eigenvalue weighted by Gasteiger charge is -2.22. The van der Waals surface area contributed by atoms with Gasteiger partial charge in [0.05, 0.1) is 18.4 Å². The average Bonchev–Trinajstić information content (AvgIpc) is 2.38. The number of hydrogen-bond acceptors (Lipinski definition) is 4. The summed E-state index contributed by atoms with van der Waals surface area (Å²) < 4.78 is 4.91. The lowest BCUT2D eigenvalue weighted by Crippen LogP contribution is -2.31. The summed E-state index contributed by atoms with van der Waals surface area (Å²) in [6, 6.07) is 0. The minimum atomic E-state index is -0.997. The molecule has 0 radical (unpaired) electrons. The highest BCUT2D eigenvalue weighted by atomic mass is 16.5. The van der Waals surface area contributed by atoms with E-state index in [1.165, 1.54) is 0 Å². The number of carboxylic acid groups (broad SMARTS) is 1. The summed E-state index contributed by atoms with van der Waals surface area (Å²) in [5, 5.41) is 9.00. The lowest BCUT2D eigenvalue weighted by atomic mass is 9.84. The Labute approximate surface area is 105 Å². The first-order valence-electron chi connectivity index (χ1n) is 5.77. The lowest BCUT2D eigenvalue weighted by molar-refractivity contribution is -0.156. The summed E-state index contributed by atoms with van der Waals surface area (Å²) in [5.41, 5.74) is 0. The van der Waals surface area contributed by atoms with Crippen LogP contribution in [0.5, 0.6) is 0 Å². The molecule has 0 aliphatic heterocycles. The maximum absolute atomic E-state index is 11.7. The number of ketones is 1. The van der Waals surface area contributed by atoms with Crippen molar-refractivity contribution in [2.24, 2.45) is 11.8 Å². The van der Waals surface area contributed by atoms with E-state index in [1.807, 2.05) is 0 Å². The SMILES string of the molecule is C=CC(=O)CCOC(=O)C1C=CCCC1C(=O)O. The zero-order chi connectivity index (χ0) is 13.5. The molecular weight excluding hydrogens is 236 g/mol. The Kier molecular flexibility index (Phi) is 5.30. The Balaban J connectivity index is 2.51. The molecule has 5 heteroatoms. The van der Waals surface area contributed by atoms with E-state index in [0.29, 0.717) is 12.8 Å². The van der Waals surface area contributed by atoms with Crippen LogP contribution in [0.25, 0.3) is 0 Å².